The topological polar surface area (TPSA) is 241 Å². The molecule has 4 heterocycles. The summed E-state index contributed by atoms with van der Waals surface area (Å²) in [7, 11) is 0. The Bertz CT molecular complexity index is 808. The van der Waals surface area contributed by atoms with E-state index in [4.69, 9.17) is 28.4 Å². The highest BCUT2D eigenvalue weighted by Crippen LogP contribution is 2.54. The minimum absolute atomic E-state index is 0.215. The number of rotatable bonds is 7. The van der Waals surface area contributed by atoms with E-state index < -0.39 is 111 Å². The molecule has 0 bridgehead atoms. The van der Waals surface area contributed by atoms with E-state index in [-0.39, 0.29) is 6.61 Å². The van der Waals surface area contributed by atoms with E-state index in [9.17, 15) is 46.0 Å². The lowest BCUT2D eigenvalue weighted by Gasteiger charge is -2.43. The third kappa shape index (κ3) is 4.46. The lowest BCUT2D eigenvalue weighted by molar-refractivity contribution is -0.343. The highest BCUT2D eigenvalue weighted by molar-refractivity contribution is 5.23. The van der Waals surface area contributed by atoms with E-state index in [1.54, 1.807) is 0 Å². The molecule has 5 rings (SSSR count). The Morgan fingerprint density at radius 3 is 1.83 bits per heavy atom. The third-order valence-corrected chi connectivity index (χ3v) is 7.54. The number of hydrogen-bond donors (Lipinski definition) is 9. The molecule has 0 radical (unpaired) electrons. The van der Waals surface area contributed by atoms with Gasteiger partial charge < -0.3 is 74.4 Å². The SMILES string of the molecule is OCC1OC(OCC2=COC(OC3OC(CO)C(O)C(O)C3O)C3C4OC4C(O)C23)C(O)C(O)C1O. The van der Waals surface area contributed by atoms with E-state index in [1.807, 2.05) is 0 Å². The van der Waals surface area contributed by atoms with Crippen molar-refractivity contribution < 1.29 is 74.4 Å². The normalized spacial score (nSPS) is 54.3. The van der Waals surface area contributed by atoms with Crippen LogP contribution < -0.4 is 0 Å². The average Bonchev–Trinajstić information content (AvgIpc) is 3.62. The number of aliphatic hydroxyl groups is 9. The van der Waals surface area contributed by atoms with E-state index in [1.165, 1.54) is 6.26 Å². The van der Waals surface area contributed by atoms with Crippen LogP contribution in [0.4, 0.5) is 0 Å². The van der Waals surface area contributed by atoms with Gasteiger partial charge in [-0.1, -0.05) is 0 Å². The van der Waals surface area contributed by atoms with Crippen LogP contribution in [0.15, 0.2) is 11.8 Å². The van der Waals surface area contributed by atoms with Crippen molar-refractivity contribution in [2.45, 2.75) is 86.0 Å². The molecular formula is C21H32O15. The van der Waals surface area contributed by atoms with Gasteiger partial charge in [0.15, 0.2) is 12.6 Å². The quantitative estimate of drug-likeness (QED) is 0.141. The molecule has 0 aromatic carbocycles. The Labute approximate surface area is 204 Å². The molecule has 0 aromatic rings. The van der Waals surface area contributed by atoms with Gasteiger partial charge >= 0.3 is 0 Å². The largest absolute Gasteiger partial charge is 0.472 e. The molecule has 1 saturated carbocycles. The summed E-state index contributed by atoms with van der Waals surface area (Å²) in [6.07, 6.45) is -16.5. The second kappa shape index (κ2) is 10.3. The minimum atomic E-state index is -1.65. The number of ether oxygens (including phenoxy) is 6. The lowest BCUT2D eigenvalue weighted by atomic mass is 9.85. The van der Waals surface area contributed by atoms with Gasteiger partial charge in [0.1, 0.15) is 54.9 Å². The first-order valence-electron chi connectivity index (χ1n) is 11.7. The molecule has 3 saturated heterocycles. The van der Waals surface area contributed by atoms with Crippen LogP contribution in [0.25, 0.3) is 0 Å². The van der Waals surface area contributed by atoms with Gasteiger partial charge in [-0.15, -0.1) is 0 Å². The molecule has 36 heavy (non-hydrogen) atoms. The number of aliphatic hydroxyl groups excluding tert-OH is 9. The van der Waals surface area contributed by atoms with Gasteiger partial charge in [0.05, 0.1) is 44.2 Å². The van der Waals surface area contributed by atoms with Crippen molar-refractivity contribution in [3.8, 4) is 0 Å². The zero-order valence-corrected chi connectivity index (χ0v) is 18.9. The van der Waals surface area contributed by atoms with E-state index >= 15 is 0 Å². The van der Waals surface area contributed by atoms with Crippen molar-refractivity contribution in [1.29, 1.82) is 0 Å². The van der Waals surface area contributed by atoms with Gasteiger partial charge in [-0.05, 0) is 5.57 Å². The standard InChI is InChI=1S/C21H32O15/c22-1-6-10(24)13(27)15(29)20(33-6)32-4-5-3-31-19(9-8(5)12(26)18-17(9)35-18)36-21-16(30)14(28)11(25)7(2-23)34-21/h3,6-30H,1-2,4H2. The summed E-state index contributed by atoms with van der Waals surface area (Å²) >= 11 is 0. The third-order valence-electron chi connectivity index (χ3n) is 7.54. The molecule has 16 unspecified atom stereocenters. The molecule has 4 aliphatic heterocycles. The Morgan fingerprint density at radius 1 is 0.639 bits per heavy atom. The minimum Gasteiger partial charge on any atom is -0.472 e. The van der Waals surface area contributed by atoms with Crippen LogP contribution in [0.2, 0.25) is 0 Å². The fourth-order valence-corrected chi connectivity index (χ4v) is 5.42. The molecule has 206 valence electrons. The predicted molar refractivity (Wildman–Crippen MR) is 109 cm³/mol. The van der Waals surface area contributed by atoms with Crippen LogP contribution in [-0.2, 0) is 28.4 Å². The average molecular weight is 524 g/mol. The van der Waals surface area contributed by atoms with E-state index in [2.05, 4.69) is 0 Å². The van der Waals surface area contributed by atoms with Gasteiger partial charge in [-0.25, -0.2) is 0 Å². The van der Waals surface area contributed by atoms with Crippen molar-refractivity contribution in [3.05, 3.63) is 11.8 Å². The molecule has 15 heteroatoms. The maximum absolute atomic E-state index is 10.8. The van der Waals surface area contributed by atoms with Crippen LogP contribution in [0, 0.1) is 11.8 Å². The summed E-state index contributed by atoms with van der Waals surface area (Å²) in [6, 6.07) is 0. The summed E-state index contributed by atoms with van der Waals surface area (Å²) in [5.74, 6) is -1.18. The van der Waals surface area contributed by atoms with Crippen LogP contribution in [0.3, 0.4) is 0 Å². The Balaban J connectivity index is 1.27. The fourth-order valence-electron chi connectivity index (χ4n) is 5.42. The zero-order valence-electron chi connectivity index (χ0n) is 18.9. The Morgan fingerprint density at radius 2 is 1.22 bits per heavy atom. The van der Waals surface area contributed by atoms with Crippen LogP contribution >= 0.6 is 0 Å². The summed E-state index contributed by atoms with van der Waals surface area (Å²) in [5, 5.41) is 89.9. The van der Waals surface area contributed by atoms with Gasteiger partial charge in [-0.2, -0.15) is 0 Å². The molecule has 4 fully saturated rings. The van der Waals surface area contributed by atoms with E-state index in [0.717, 1.165) is 0 Å². The molecule has 0 amide bonds. The number of epoxide rings is 1. The van der Waals surface area contributed by atoms with Crippen LogP contribution in [0.1, 0.15) is 0 Å². The molecule has 9 N–H and O–H groups in total. The Hall–Kier alpha value is -1.02. The molecule has 0 spiro atoms. The molecule has 16 atom stereocenters. The molecule has 5 aliphatic rings. The molecule has 0 aromatic heterocycles. The second-order valence-electron chi connectivity index (χ2n) is 9.70. The smallest absolute Gasteiger partial charge is 0.207 e. The number of hydrogen-bond acceptors (Lipinski definition) is 15. The van der Waals surface area contributed by atoms with Crippen LogP contribution in [0.5, 0.6) is 0 Å². The van der Waals surface area contributed by atoms with Crippen molar-refractivity contribution in [1.82, 2.24) is 0 Å². The maximum Gasteiger partial charge on any atom is 0.207 e. The van der Waals surface area contributed by atoms with Gasteiger partial charge in [0.25, 0.3) is 0 Å². The van der Waals surface area contributed by atoms with Crippen molar-refractivity contribution in [3.63, 3.8) is 0 Å². The van der Waals surface area contributed by atoms with Crippen molar-refractivity contribution in [2.24, 2.45) is 11.8 Å². The summed E-state index contributed by atoms with van der Waals surface area (Å²) in [4.78, 5) is 0. The first kappa shape index (κ1) is 26.6. The summed E-state index contributed by atoms with van der Waals surface area (Å²) in [5.41, 5.74) is 0.453. The van der Waals surface area contributed by atoms with Crippen molar-refractivity contribution >= 4 is 0 Å². The zero-order chi connectivity index (χ0) is 25.9. The van der Waals surface area contributed by atoms with E-state index in [0.29, 0.717) is 5.57 Å². The lowest BCUT2D eigenvalue weighted by Crippen LogP contribution is -2.60. The summed E-state index contributed by atoms with van der Waals surface area (Å²) in [6.45, 7) is -1.46. The van der Waals surface area contributed by atoms with Gasteiger partial charge in [-0.3, -0.25) is 0 Å². The predicted octanol–water partition coefficient (Wildman–Crippen LogP) is -5.77. The van der Waals surface area contributed by atoms with Gasteiger partial charge in [0.2, 0.25) is 6.29 Å². The molecular weight excluding hydrogens is 492 g/mol. The first-order chi connectivity index (χ1) is 17.2. The molecule has 15 nitrogen and oxygen atoms in total. The van der Waals surface area contributed by atoms with Crippen molar-refractivity contribution in [2.75, 3.05) is 19.8 Å². The monoisotopic (exact) mass is 524 g/mol. The van der Waals surface area contributed by atoms with Gasteiger partial charge in [0, 0.05) is 5.92 Å². The fraction of sp³-hybridized carbons (Fsp3) is 0.905. The highest BCUT2D eigenvalue weighted by Gasteiger charge is 2.67. The highest BCUT2D eigenvalue weighted by atomic mass is 16.8. The second-order valence-corrected chi connectivity index (χ2v) is 9.70. The summed E-state index contributed by atoms with van der Waals surface area (Å²) < 4.78 is 33.3. The molecule has 1 aliphatic carbocycles. The van der Waals surface area contributed by atoms with Crippen LogP contribution in [-0.4, -0.2) is 152 Å². The maximum atomic E-state index is 10.8. The first-order valence-corrected chi connectivity index (χ1v) is 11.7. The number of fused-ring (bicyclic) bond motifs is 3. The Kier molecular flexibility index (Phi) is 7.59.